The van der Waals surface area contributed by atoms with Crippen LogP contribution in [0.3, 0.4) is 0 Å². The quantitative estimate of drug-likeness (QED) is 0.303. The van der Waals surface area contributed by atoms with Gasteiger partial charge in [-0.15, -0.1) is 0 Å². The maximum atomic E-state index is 13.4. The van der Waals surface area contributed by atoms with E-state index in [9.17, 15) is 9.59 Å². The van der Waals surface area contributed by atoms with E-state index in [0.29, 0.717) is 42.8 Å². The Morgan fingerprint density at radius 3 is 2.57 bits per heavy atom. The molecule has 1 amide bonds. The summed E-state index contributed by atoms with van der Waals surface area (Å²) in [5, 5.41) is 9.00. The summed E-state index contributed by atoms with van der Waals surface area (Å²) >= 11 is 0. The van der Waals surface area contributed by atoms with Crippen LogP contribution in [0.4, 0.5) is 0 Å². The van der Waals surface area contributed by atoms with Gasteiger partial charge in [0.15, 0.2) is 0 Å². The molecule has 1 atom stereocenters. The van der Waals surface area contributed by atoms with Crippen LogP contribution in [-0.4, -0.2) is 44.9 Å². The highest BCUT2D eigenvalue weighted by Gasteiger charge is 2.28. The van der Waals surface area contributed by atoms with Crippen LogP contribution in [0.15, 0.2) is 72.8 Å². The summed E-state index contributed by atoms with van der Waals surface area (Å²) in [5.74, 6) is -0.407. The largest absolute Gasteiger partial charge is 0.481 e. The van der Waals surface area contributed by atoms with Crippen LogP contribution in [0.1, 0.15) is 58.8 Å². The smallest absolute Gasteiger partial charge is 0.303 e. The number of aryl methyl sites for hydroxylation is 2. The number of nitrogens with zero attached hydrogens (tertiary/aromatic N) is 3. The third-order valence-electron chi connectivity index (χ3n) is 7.08. The molecule has 1 saturated heterocycles. The Morgan fingerprint density at radius 2 is 1.78 bits per heavy atom. The van der Waals surface area contributed by atoms with Gasteiger partial charge in [0.2, 0.25) is 0 Å². The molecular weight excluding hydrogens is 462 g/mol. The summed E-state index contributed by atoms with van der Waals surface area (Å²) in [6, 6.07) is 24.1. The number of aromatic nitrogens is 2. The zero-order chi connectivity index (χ0) is 25.8. The number of benzene rings is 3. The molecule has 0 spiro atoms. The highest BCUT2D eigenvalue weighted by Crippen LogP contribution is 2.29. The van der Waals surface area contributed by atoms with E-state index < -0.39 is 5.97 Å². The number of hydrogen-bond acceptors (Lipinski definition) is 4. The number of unbranched alkanes of at least 4 members (excludes halogenated alkanes) is 1. The van der Waals surface area contributed by atoms with Gasteiger partial charge in [-0.1, -0.05) is 54.1 Å². The van der Waals surface area contributed by atoms with Crippen molar-refractivity contribution in [2.24, 2.45) is 0 Å². The molecular formula is C31H31N3O3. The molecule has 1 aliphatic heterocycles. The van der Waals surface area contributed by atoms with E-state index in [1.54, 1.807) is 0 Å². The molecule has 1 unspecified atom stereocenters. The van der Waals surface area contributed by atoms with Crippen LogP contribution in [0.2, 0.25) is 0 Å². The third-order valence-corrected chi connectivity index (χ3v) is 7.08. The van der Waals surface area contributed by atoms with Crippen molar-refractivity contribution in [3.8, 4) is 11.3 Å². The van der Waals surface area contributed by atoms with Crippen molar-refractivity contribution in [3.05, 3.63) is 95.2 Å². The van der Waals surface area contributed by atoms with Gasteiger partial charge in [-0.25, -0.2) is 9.97 Å². The van der Waals surface area contributed by atoms with E-state index in [2.05, 4.69) is 18.2 Å². The summed E-state index contributed by atoms with van der Waals surface area (Å²) in [5.41, 5.74) is 7.10. The second-order valence-corrected chi connectivity index (χ2v) is 9.84. The summed E-state index contributed by atoms with van der Waals surface area (Å²) in [6.07, 6.45) is 3.02. The molecule has 6 heteroatoms. The van der Waals surface area contributed by atoms with Crippen LogP contribution >= 0.6 is 0 Å². The molecule has 1 aliphatic rings. The Kier molecular flexibility index (Phi) is 7.26. The van der Waals surface area contributed by atoms with Crippen molar-refractivity contribution in [3.63, 3.8) is 0 Å². The molecule has 1 aromatic heterocycles. The van der Waals surface area contributed by atoms with Gasteiger partial charge in [0.25, 0.3) is 5.91 Å². The first-order chi connectivity index (χ1) is 18.0. The molecule has 4 aromatic rings. The first-order valence-electron chi connectivity index (χ1n) is 12.9. The van der Waals surface area contributed by atoms with E-state index >= 15 is 0 Å². The molecule has 5 rings (SSSR count). The predicted octanol–water partition coefficient (Wildman–Crippen LogP) is 6.03. The number of carbonyl (C=O) groups is 2. The number of amides is 1. The Labute approximate surface area is 217 Å². The van der Waals surface area contributed by atoms with E-state index in [1.165, 1.54) is 5.56 Å². The lowest BCUT2D eigenvalue weighted by Crippen LogP contribution is -2.28. The lowest BCUT2D eigenvalue weighted by atomic mass is 9.99. The van der Waals surface area contributed by atoms with Crippen molar-refractivity contribution in [1.29, 1.82) is 0 Å². The molecule has 188 valence electrons. The highest BCUT2D eigenvalue weighted by atomic mass is 16.4. The van der Waals surface area contributed by atoms with E-state index in [-0.39, 0.29) is 12.3 Å². The van der Waals surface area contributed by atoms with Crippen molar-refractivity contribution in [1.82, 2.24) is 14.9 Å². The van der Waals surface area contributed by atoms with Crippen LogP contribution in [-0.2, 0) is 11.2 Å². The molecule has 0 saturated carbocycles. The number of carboxylic acid groups (broad SMARTS) is 1. The van der Waals surface area contributed by atoms with Crippen LogP contribution in [0.25, 0.3) is 22.3 Å². The Balaban J connectivity index is 1.42. The fourth-order valence-corrected chi connectivity index (χ4v) is 5.11. The van der Waals surface area contributed by atoms with Gasteiger partial charge in [0.1, 0.15) is 0 Å². The van der Waals surface area contributed by atoms with Crippen molar-refractivity contribution >= 4 is 22.9 Å². The summed E-state index contributed by atoms with van der Waals surface area (Å²) in [6.45, 7) is 3.50. The average molecular weight is 494 g/mol. The molecule has 1 fully saturated rings. The average Bonchev–Trinajstić information content (AvgIpc) is 3.41. The Morgan fingerprint density at radius 1 is 0.946 bits per heavy atom. The standard InChI is InChI=1S/C31H31N3O3/c1-21-8-7-11-23(18-21)30-27(12-5-6-13-29(35)36)32-28-19-24(14-15-26(28)33-30)31(37)34-17-16-25(20-34)22-9-3-2-4-10-22/h2-4,7-11,14-15,18-19,25H,5-6,12-13,16-17,20H2,1H3,(H,35,36). The molecule has 6 nitrogen and oxygen atoms in total. The van der Waals surface area contributed by atoms with Gasteiger partial charge in [-0.3, -0.25) is 9.59 Å². The first kappa shape index (κ1) is 24.6. The molecule has 0 bridgehead atoms. The minimum Gasteiger partial charge on any atom is -0.481 e. The fraction of sp³-hybridized carbons (Fsp3) is 0.290. The van der Waals surface area contributed by atoms with Crippen molar-refractivity contribution < 1.29 is 14.7 Å². The highest BCUT2D eigenvalue weighted by molar-refractivity contribution is 5.97. The van der Waals surface area contributed by atoms with Crippen molar-refractivity contribution in [2.45, 2.75) is 44.9 Å². The van der Waals surface area contributed by atoms with Gasteiger partial charge in [-0.05, 0) is 62.4 Å². The van der Waals surface area contributed by atoms with Gasteiger partial charge in [0, 0.05) is 36.6 Å². The predicted molar refractivity (Wildman–Crippen MR) is 145 cm³/mol. The second kappa shape index (κ2) is 10.9. The summed E-state index contributed by atoms with van der Waals surface area (Å²) in [7, 11) is 0. The summed E-state index contributed by atoms with van der Waals surface area (Å²) < 4.78 is 0. The van der Waals surface area contributed by atoms with E-state index in [1.807, 2.05) is 66.4 Å². The number of hydrogen-bond donors (Lipinski definition) is 1. The molecule has 2 heterocycles. The van der Waals surface area contributed by atoms with Gasteiger partial charge < -0.3 is 10.0 Å². The Bertz CT molecular complexity index is 1430. The SMILES string of the molecule is Cc1cccc(-c2nc3ccc(C(=O)N4CCC(c5ccccc5)C4)cc3nc2CCCCC(=O)O)c1. The lowest BCUT2D eigenvalue weighted by Gasteiger charge is -2.17. The minimum absolute atomic E-state index is 0.0212. The number of aliphatic carboxylic acids is 1. The zero-order valence-electron chi connectivity index (χ0n) is 21.1. The number of fused-ring (bicyclic) bond motifs is 1. The molecule has 0 aliphatic carbocycles. The molecule has 1 N–H and O–H groups in total. The van der Waals surface area contributed by atoms with Crippen molar-refractivity contribution in [2.75, 3.05) is 13.1 Å². The number of rotatable bonds is 8. The topological polar surface area (TPSA) is 83.4 Å². The monoisotopic (exact) mass is 493 g/mol. The van der Waals surface area contributed by atoms with Crippen LogP contribution in [0, 0.1) is 6.92 Å². The van der Waals surface area contributed by atoms with Crippen LogP contribution in [0.5, 0.6) is 0 Å². The number of carbonyl (C=O) groups excluding carboxylic acids is 1. The second-order valence-electron chi connectivity index (χ2n) is 9.84. The maximum Gasteiger partial charge on any atom is 0.303 e. The molecule has 3 aromatic carbocycles. The number of carboxylic acids is 1. The Hall–Kier alpha value is -4.06. The minimum atomic E-state index is -0.789. The van der Waals surface area contributed by atoms with Gasteiger partial charge >= 0.3 is 5.97 Å². The summed E-state index contributed by atoms with van der Waals surface area (Å²) in [4.78, 5) is 36.2. The molecule has 37 heavy (non-hydrogen) atoms. The van der Waals surface area contributed by atoms with Crippen LogP contribution < -0.4 is 0 Å². The molecule has 0 radical (unpaired) electrons. The lowest BCUT2D eigenvalue weighted by molar-refractivity contribution is -0.137. The zero-order valence-corrected chi connectivity index (χ0v) is 21.1. The van der Waals surface area contributed by atoms with Gasteiger partial charge in [-0.2, -0.15) is 0 Å². The maximum absolute atomic E-state index is 13.4. The third kappa shape index (κ3) is 5.69. The van der Waals surface area contributed by atoms with E-state index in [0.717, 1.165) is 41.0 Å². The van der Waals surface area contributed by atoms with Gasteiger partial charge in [0.05, 0.1) is 22.4 Å². The number of likely N-dealkylation sites (tertiary alicyclic amines) is 1. The first-order valence-corrected chi connectivity index (χ1v) is 12.9. The fourth-order valence-electron chi connectivity index (χ4n) is 5.11. The van der Waals surface area contributed by atoms with E-state index in [4.69, 9.17) is 15.1 Å². The normalized spacial score (nSPS) is 15.3.